The molecule has 6 rings (SSSR count). The van der Waals surface area contributed by atoms with Gasteiger partial charge in [-0.3, -0.25) is 9.36 Å². The summed E-state index contributed by atoms with van der Waals surface area (Å²) in [6, 6.07) is 4.45. The Bertz CT molecular complexity index is 1460. The van der Waals surface area contributed by atoms with Gasteiger partial charge in [-0.25, -0.2) is 14.2 Å². The minimum atomic E-state index is -0.370. The van der Waals surface area contributed by atoms with Crippen molar-refractivity contribution in [3.8, 4) is 0 Å². The minimum absolute atomic E-state index is 0.00249. The van der Waals surface area contributed by atoms with Crippen LogP contribution in [0.1, 0.15) is 73.6 Å². The highest BCUT2D eigenvalue weighted by atomic mass is 19.1. The zero-order valence-corrected chi connectivity index (χ0v) is 21.3. The molecule has 1 aromatic carbocycles. The third-order valence-electron chi connectivity index (χ3n) is 8.16. The first-order valence-corrected chi connectivity index (χ1v) is 13.2. The second-order valence-corrected chi connectivity index (χ2v) is 10.5. The highest BCUT2D eigenvalue weighted by Gasteiger charge is 2.34. The van der Waals surface area contributed by atoms with Gasteiger partial charge in [-0.1, -0.05) is 16.3 Å². The van der Waals surface area contributed by atoms with Gasteiger partial charge in [-0.15, -0.1) is 0 Å². The molecule has 1 aliphatic carbocycles. The third-order valence-corrected chi connectivity index (χ3v) is 8.16. The van der Waals surface area contributed by atoms with E-state index in [1.807, 2.05) is 11.5 Å². The average molecular weight is 507 g/mol. The van der Waals surface area contributed by atoms with Crippen LogP contribution in [0.3, 0.4) is 0 Å². The molecular formula is C28H31FN4O4. The van der Waals surface area contributed by atoms with Gasteiger partial charge in [-0.05, 0) is 58.1 Å². The van der Waals surface area contributed by atoms with Crippen molar-refractivity contribution in [3.63, 3.8) is 0 Å². The van der Waals surface area contributed by atoms with Gasteiger partial charge in [0.1, 0.15) is 11.6 Å². The molecule has 3 aliphatic rings. The molecule has 37 heavy (non-hydrogen) atoms. The van der Waals surface area contributed by atoms with Crippen LogP contribution in [-0.4, -0.2) is 45.4 Å². The fourth-order valence-electron chi connectivity index (χ4n) is 5.96. The number of carbonyl (C=O) groups excluding carboxylic acids is 1. The number of allylic oxidation sites excluding steroid dienone is 2. The van der Waals surface area contributed by atoms with Crippen LogP contribution in [-0.2, 0) is 17.7 Å². The molecule has 4 heterocycles. The van der Waals surface area contributed by atoms with Gasteiger partial charge in [0.15, 0.2) is 5.58 Å². The first kappa shape index (κ1) is 23.9. The fraction of sp³-hybridized carbons (Fsp3) is 0.500. The minimum Gasteiger partial charge on any atom is -0.449 e. The average Bonchev–Trinajstić information content (AvgIpc) is 3.47. The number of hydrogen-bond acceptors (Lipinski definition) is 6. The highest BCUT2D eigenvalue weighted by molar-refractivity contribution is 5.80. The molecule has 8 nitrogen and oxygen atoms in total. The van der Waals surface area contributed by atoms with Crippen molar-refractivity contribution in [1.82, 2.24) is 19.6 Å². The van der Waals surface area contributed by atoms with Crippen LogP contribution >= 0.6 is 0 Å². The van der Waals surface area contributed by atoms with Gasteiger partial charge in [0.05, 0.1) is 12.3 Å². The number of nitrogens with zero attached hydrogens (tertiary/aromatic N) is 4. The molecule has 0 saturated carbocycles. The van der Waals surface area contributed by atoms with Crippen molar-refractivity contribution in [2.45, 2.75) is 70.8 Å². The van der Waals surface area contributed by atoms with Crippen molar-refractivity contribution in [2.24, 2.45) is 0 Å². The van der Waals surface area contributed by atoms with Crippen molar-refractivity contribution >= 4 is 17.1 Å². The fourth-order valence-corrected chi connectivity index (χ4v) is 5.96. The molecule has 0 N–H and O–H groups in total. The molecule has 2 aliphatic heterocycles. The number of benzene rings is 1. The Morgan fingerprint density at radius 2 is 1.97 bits per heavy atom. The van der Waals surface area contributed by atoms with E-state index in [2.05, 4.69) is 12.1 Å². The van der Waals surface area contributed by atoms with Crippen LogP contribution in [0.4, 0.5) is 9.18 Å². The molecule has 1 atom stereocenters. The second kappa shape index (κ2) is 9.43. The summed E-state index contributed by atoms with van der Waals surface area (Å²) in [7, 11) is 0. The summed E-state index contributed by atoms with van der Waals surface area (Å²) in [4.78, 5) is 32.5. The second-order valence-electron chi connectivity index (χ2n) is 10.5. The van der Waals surface area contributed by atoms with Gasteiger partial charge >= 0.3 is 6.09 Å². The zero-order valence-electron chi connectivity index (χ0n) is 21.3. The molecule has 1 unspecified atom stereocenters. The number of likely N-dealkylation sites (tertiary alicyclic amines) is 1. The standard InChI is InChI=1S/C28H31FN4O4/c1-16-14-23(16)21-4-3-10-33-26(21)30-17(2)20(27(33)34)9-13-36-28(35)32-11-7-18(8-12-32)25-22-6-5-19(29)15-24(22)37-31-25/h5-6,15,18,21H,3-4,7-14H2,1-2H3. The van der Waals surface area contributed by atoms with Gasteiger partial charge in [0, 0.05) is 60.6 Å². The Morgan fingerprint density at radius 3 is 2.73 bits per heavy atom. The van der Waals surface area contributed by atoms with Crippen molar-refractivity contribution < 1.29 is 18.4 Å². The molecule has 0 radical (unpaired) electrons. The van der Waals surface area contributed by atoms with Crippen LogP contribution in [0, 0.1) is 12.7 Å². The normalized spacial score (nSPS) is 19.9. The molecular weight excluding hydrogens is 475 g/mol. The number of fused-ring (bicyclic) bond motifs is 2. The van der Waals surface area contributed by atoms with Crippen LogP contribution in [0.15, 0.2) is 38.7 Å². The maximum atomic E-state index is 13.4. The van der Waals surface area contributed by atoms with E-state index >= 15 is 0 Å². The summed E-state index contributed by atoms with van der Waals surface area (Å²) < 4.78 is 26.1. The summed E-state index contributed by atoms with van der Waals surface area (Å²) in [5.41, 5.74) is 5.49. The Kier molecular flexibility index (Phi) is 6.09. The van der Waals surface area contributed by atoms with E-state index in [1.165, 1.54) is 23.3 Å². The molecule has 9 heteroatoms. The van der Waals surface area contributed by atoms with Crippen LogP contribution in [0.5, 0.6) is 0 Å². The summed E-state index contributed by atoms with van der Waals surface area (Å²) in [5.74, 6) is 0.951. The molecule has 0 spiro atoms. The van der Waals surface area contributed by atoms with E-state index in [-0.39, 0.29) is 35.9 Å². The van der Waals surface area contributed by atoms with Crippen molar-refractivity contribution in [3.05, 3.63) is 68.3 Å². The number of aryl methyl sites for hydroxylation is 1. The Labute approximate surface area is 214 Å². The van der Waals surface area contributed by atoms with Crippen LogP contribution in [0.25, 0.3) is 11.0 Å². The maximum absolute atomic E-state index is 13.4. The predicted molar refractivity (Wildman–Crippen MR) is 135 cm³/mol. The SMILES string of the molecule is CC1=C(C2CCCn3c2nc(C)c(CCOC(=O)N2CCC(c4noc5cc(F)ccc45)CC2)c3=O)C1. The van der Waals surface area contributed by atoms with Crippen molar-refractivity contribution in [2.75, 3.05) is 19.7 Å². The number of aromatic nitrogens is 3. The van der Waals surface area contributed by atoms with E-state index < -0.39 is 0 Å². The quantitative estimate of drug-likeness (QED) is 0.453. The summed E-state index contributed by atoms with van der Waals surface area (Å²) in [6.07, 6.45) is 4.52. The Balaban J connectivity index is 1.05. The molecule has 0 bridgehead atoms. The summed E-state index contributed by atoms with van der Waals surface area (Å²) in [5, 5.41) is 4.98. The number of rotatable bonds is 5. The van der Waals surface area contributed by atoms with Gasteiger partial charge < -0.3 is 14.2 Å². The Morgan fingerprint density at radius 1 is 1.19 bits per heavy atom. The maximum Gasteiger partial charge on any atom is 0.409 e. The molecule has 1 amide bonds. The van der Waals surface area contributed by atoms with E-state index in [4.69, 9.17) is 14.2 Å². The number of amides is 1. The molecule has 2 aromatic heterocycles. The van der Waals surface area contributed by atoms with Gasteiger partial charge in [0.25, 0.3) is 5.56 Å². The predicted octanol–water partition coefficient (Wildman–Crippen LogP) is 4.99. The highest BCUT2D eigenvalue weighted by Crippen LogP contribution is 2.45. The van der Waals surface area contributed by atoms with Gasteiger partial charge in [-0.2, -0.15) is 0 Å². The molecule has 1 saturated heterocycles. The number of carbonyl (C=O) groups is 1. The van der Waals surface area contributed by atoms with Crippen LogP contribution in [0.2, 0.25) is 0 Å². The lowest BCUT2D eigenvalue weighted by Crippen LogP contribution is -2.39. The summed E-state index contributed by atoms with van der Waals surface area (Å²) in [6.45, 7) is 5.95. The van der Waals surface area contributed by atoms with Crippen LogP contribution < -0.4 is 5.56 Å². The number of ether oxygens (including phenoxy) is 1. The number of piperidine rings is 1. The number of halogens is 1. The molecule has 3 aromatic rings. The van der Waals surface area contributed by atoms with E-state index in [0.717, 1.165) is 54.7 Å². The van der Waals surface area contributed by atoms with E-state index in [9.17, 15) is 14.0 Å². The van der Waals surface area contributed by atoms with E-state index in [1.54, 1.807) is 11.0 Å². The smallest absolute Gasteiger partial charge is 0.409 e. The Hall–Kier alpha value is -3.49. The van der Waals surface area contributed by atoms with Crippen molar-refractivity contribution in [1.29, 1.82) is 0 Å². The van der Waals surface area contributed by atoms with Gasteiger partial charge in [0.2, 0.25) is 0 Å². The topological polar surface area (TPSA) is 90.5 Å². The lowest BCUT2D eigenvalue weighted by atomic mass is 9.92. The molecule has 194 valence electrons. The first-order chi connectivity index (χ1) is 17.9. The van der Waals surface area contributed by atoms with E-state index in [0.29, 0.717) is 37.2 Å². The summed E-state index contributed by atoms with van der Waals surface area (Å²) >= 11 is 0. The largest absolute Gasteiger partial charge is 0.449 e. The zero-order chi connectivity index (χ0) is 25.7. The monoisotopic (exact) mass is 506 g/mol. The number of hydrogen-bond donors (Lipinski definition) is 0. The first-order valence-electron chi connectivity index (χ1n) is 13.2. The third kappa shape index (κ3) is 4.45. The lowest BCUT2D eigenvalue weighted by molar-refractivity contribution is 0.0931. The lowest BCUT2D eigenvalue weighted by Gasteiger charge is -2.30. The molecule has 1 fully saturated rings.